The molecule has 0 aliphatic carbocycles. The second-order valence-corrected chi connectivity index (χ2v) is 5.48. The third kappa shape index (κ3) is 2.91. The second-order valence-electron chi connectivity index (χ2n) is 5.48. The number of piperazine rings is 1. The van der Waals surface area contributed by atoms with E-state index in [1.165, 1.54) is 17.0 Å². The topological polar surface area (TPSA) is 49.4 Å². The Kier molecular flexibility index (Phi) is 4.60. The van der Waals surface area contributed by atoms with Gasteiger partial charge in [-0.1, -0.05) is 27.2 Å². The summed E-state index contributed by atoms with van der Waals surface area (Å²) in [6.45, 7) is 5.79. The van der Waals surface area contributed by atoms with Crippen LogP contribution in [0, 0.1) is 11.7 Å². The van der Waals surface area contributed by atoms with Crippen LogP contribution in [0.2, 0.25) is 0 Å². The van der Waals surface area contributed by atoms with Gasteiger partial charge in [0.1, 0.15) is 17.9 Å². The standard InChI is InChI=1S/C16H21FN2O2/c1-4-10(3)14-16(21)19(13(5-2)15(20)18-14)12-8-6-11(17)7-9-12/h6-10,13-14H,4-5H2,1-3H3,(H,18,20). The van der Waals surface area contributed by atoms with Crippen molar-refractivity contribution in [2.45, 2.75) is 45.7 Å². The Balaban J connectivity index is 2.39. The molecule has 1 fully saturated rings. The Bertz CT molecular complexity index is 530. The van der Waals surface area contributed by atoms with E-state index < -0.39 is 12.1 Å². The van der Waals surface area contributed by atoms with Crippen LogP contribution >= 0.6 is 0 Å². The van der Waals surface area contributed by atoms with Gasteiger partial charge in [-0.25, -0.2) is 4.39 Å². The molecule has 114 valence electrons. The lowest BCUT2D eigenvalue weighted by Gasteiger charge is -2.40. The number of hydrogen-bond acceptors (Lipinski definition) is 2. The zero-order valence-electron chi connectivity index (χ0n) is 12.6. The molecular weight excluding hydrogens is 271 g/mol. The summed E-state index contributed by atoms with van der Waals surface area (Å²) < 4.78 is 13.1. The predicted molar refractivity (Wildman–Crippen MR) is 79.4 cm³/mol. The molecule has 21 heavy (non-hydrogen) atoms. The molecule has 3 unspecified atom stereocenters. The highest BCUT2D eigenvalue weighted by molar-refractivity contribution is 6.08. The third-order valence-electron chi connectivity index (χ3n) is 4.12. The Labute approximate surface area is 124 Å². The van der Waals surface area contributed by atoms with Crippen molar-refractivity contribution in [1.29, 1.82) is 0 Å². The van der Waals surface area contributed by atoms with E-state index in [2.05, 4.69) is 5.32 Å². The molecule has 3 atom stereocenters. The van der Waals surface area contributed by atoms with Crippen LogP contribution in [0.1, 0.15) is 33.6 Å². The highest BCUT2D eigenvalue weighted by atomic mass is 19.1. The first-order valence-electron chi connectivity index (χ1n) is 7.38. The summed E-state index contributed by atoms with van der Waals surface area (Å²) in [6.07, 6.45) is 1.31. The largest absolute Gasteiger partial charge is 0.342 e. The van der Waals surface area contributed by atoms with E-state index in [4.69, 9.17) is 0 Å². The average Bonchev–Trinajstić information content (AvgIpc) is 2.49. The number of anilines is 1. The lowest BCUT2D eigenvalue weighted by Crippen LogP contribution is -2.65. The summed E-state index contributed by atoms with van der Waals surface area (Å²) in [4.78, 5) is 26.5. The lowest BCUT2D eigenvalue weighted by atomic mass is 9.93. The van der Waals surface area contributed by atoms with Crippen LogP contribution in [0.3, 0.4) is 0 Å². The molecular formula is C16H21FN2O2. The van der Waals surface area contributed by atoms with Crippen molar-refractivity contribution >= 4 is 17.5 Å². The number of carbonyl (C=O) groups is 2. The van der Waals surface area contributed by atoms with Crippen molar-refractivity contribution in [3.8, 4) is 0 Å². The number of amides is 2. The van der Waals surface area contributed by atoms with Gasteiger partial charge in [0.25, 0.3) is 5.91 Å². The summed E-state index contributed by atoms with van der Waals surface area (Å²) >= 11 is 0. The van der Waals surface area contributed by atoms with Crippen molar-refractivity contribution in [3.05, 3.63) is 30.1 Å². The maximum atomic E-state index is 13.1. The van der Waals surface area contributed by atoms with Crippen LogP contribution in [0.15, 0.2) is 24.3 Å². The van der Waals surface area contributed by atoms with Gasteiger partial charge in [-0.15, -0.1) is 0 Å². The number of rotatable bonds is 4. The lowest BCUT2D eigenvalue weighted by molar-refractivity contribution is -0.135. The van der Waals surface area contributed by atoms with Crippen LogP contribution in [0.4, 0.5) is 10.1 Å². The first-order chi connectivity index (χ1) is 9.99. The maximum absolute atomic E-state index is 13.1. The van der Waals surface area contributed by atoms with Gasteiger partial charge in [0.15, 0.2) is 0 Å². The van der Waals surface area contributed by atoms with Gasteiger partial charge >= 0.3 is 0 Å². The maximum Gasteiger partial charge on any atom is 0.250 e. The molecule has 0 saturated carbocycles. The number of nitrogens with zero attached hydrogens (tertiary/aromatic N) is 1. The van der Waals surface area contributed by atoms with E-state index >= 15 is 0 Å². The molecule has 5 heteroatoms. The summed E-state index contributed by atoms with van der Waals surface area (Å²) in [5.41, 5.74) is 0.566. The number of carbonyl (C=O) groups excluding carboxylic acids is 2. The van der Waals surface area contributed by atoms with E-state index in [1.807, 2.05) is 20.8 Å². The van der Waals surface area contributed by atoms with Crippen LogP contribution in [-0.4, -0.2) is 23.9 Å². The fourth-order valence-electron chi connectivity index (χ4n) is 2.63. The van der Waals surface area contributed by atoms with Gasteiger partial charge < -0.3 is 5.32 Å². The smallest absolute Gasteiger partial charge is 0.250 e. The predicted octanol–water partition coefficient (Wildman–Crippen LogP) is 2.48. The molecule has 1 aliphatic rings. The molecule has 1 aliphatic heterocycles. The van der Waals surface area contributed by atoms with E-state index in [1.54, 1.807) is 12.1 Å². The number of hydrogen-bond donors (Lipinski definition) is 1. The summed E-state index contributed by atoms with van der Waals surface area (Å²) in [5.74, 6) is -0.574. The van der Waals surface area contributed by atoms with E-state index in [0.717, 1.165) is 6.42 Å². The fraction of sp³-hybridized carbons (Fsp3) is 0.500. The summed E-state index contributed by atoms with van der Waals surface area (Å²) in [6, 6.07) is 4.64. The minimum absolute atomic E-state index is 0.0576. The number of benzene rings is 1. The molecule has 1 aromatic carbocycles. The Morgan fingerprint density at radius 1 is 1.24 bits per heavy atom. The van der Waals surface area contributed by atoms with Gasteiger partial charge in [-0.3, -0.25) is 14.5 Å². The van der Waals surface area contributed by atoms with Crippen molar-refractivity contribution in [3.63, 3.8) is 0 Å². The molecule has 2 amide bonds. The minimum atomic E-state index is -0.539. The van der Waals surface area contributed by atoms with Crippen LogP contribution in [-0.2, 0) is 9.59 Å². The Hall–Kier alpha value is -1.91. The van der Waals surface area contributed by atoms with E-state index in [9.17, 15) is 14.0 Å². The molecule has 4 nitrogen and oxygen atoms in total. The van der Waals surface area contributed by atoms with Crippen LogP contribution in [0.25, 0.3) is 0 Å². The highest BCUT2D eigenvalue weighted by Gasteiger charge is 2.42. The van der Waals surface area contributed by atoms with Gasteiger partial charge in [-0.05, 0) is 36.6 Å². The SMILES string of the molecule is CCC(C)C1NC(=O)C(CC)N(c2ccc(F)cc2)C1=O. The molecule has 0 bridgehead atoms. The van der Waals surface area contributed by atoms with Gasteiger partial charge in [0.05, 0.1) is 0 Å². The fourth-order valence-corrected chi connectivity index (χ4v) is 2.63. The van der Waals surface area contributed by atoms with Crippen LogP contribution < -0.4 is 10.2 Å². The monoisotopic (exact) mass is 292 g/mol. The molecule has 1 saturated heterocycles. The van der Waals surface area contributed by atoms with Crippen LogP contribution in [0.5, 0.6) is 0 Å². The summed E-state index contributed by atoms with van der Waals surface area (Å²) in [7, 11) is 0. The van der Waals surface area contributed by atoms with Crippen molar-refractivity contribution < 1.29 is 14.0 Å². The molecule has 0 radical (unpaired) electrons. The zero-order valence-corrected chi connectivity index (χ0v) is 12.6. The number of halogens is 1. The quantitative estimate of drug-likeness (QED) is 0.927. The van der Waals surface area contributed by atoms with Crippen molar-refractivity contribution in [2.24, 2.45) is 5.92 Å². The molecule has 1 aromatic rings. The minimum Gasteiger partial charge on any atom is -0.342 e. The van der Waals surface area contributed by atoms with Gasteiger partial charge in [0, 0.05) is 5.69 Å². The molecule has 0 aromatic heterocycles. The van der Waals surface area contributed by atoms with Gasteiger partial charge in [0.2, 0.25) is 5.91 Å². The third-order valence-corrected chi connectivity index (χ3v) is 4.12. The summed E-state index contributed by atoms with van der Waals surface area (Å²) in [5, 5.41) is 2.82. The molecule has 1 N–H and O–H groups in total. The van der Waals surface area contributed by atoms with Gasteiger partial charge in [-0.2, -0.15) is 0 Å². The zero-order chi connectivity index (χ0) is 15.6. The normalized spacial score (nSPS) is 23.9. The average molecular weight is 292 g/mol. The van der Waals surface area contributed by atoms with Crippen molar-refractivity contribution in [1.82, 2.24) is 5.32 Å². The second kappa shape index (κ2) is 6.24. The molecule has 1 heterocycles. The molecule has 0 spiro atoms. The highest BCUT2D eigenvalue weighted by Crippen LogP contribution is 2.26. The first-order valence-corrected chi connectivity index (χ1v) is 7.38. The van der Waals surface area contributed by atoms with Crippen molar-refractivity contribution in [2.75, 3.05) is 4.90 Å². The molecule has 2 rings (SSSR count). The Morgan fingerprint density at radius 2 is 1.86 bits per heavy atom. The first kappa shape index (κ1) is 15.5. The Morgan fingerprint density at radius 3 is 2.38 bits per heavy atom. The number of nitrogens with one attached hydrogen (secondary N) is 1. The van der Waals surface area contributed by atoms with E-state index in [-0.39, 0.29) is 23.5 Å². The van der Waals surface area contributed by atoms with E-state index in [0.29, 0.717) is 12.1 Å².